The van der Waals surface area contributed by atoms with Gasteiger partial charge in [-0.3, -0.25) is 9.59 Å². The first-order chi connectivity index (χ1) is 10.4. The Morgan fingerprint density at radius 2 is 1.95 bits per heavy atom. The second-order valence-electron chi connectivity index (χ2n) is 5.19. The lowest BCUT2D eigenvalue weighted by Gasteiger charge is -2.26. The molecule has 0 saturated heterocycles. The zero-order valence-electron chi connectivity index (χ0n) is 14.7. The van der Waals surface area contributed by atoms with Gasteiger partial charge in [-0.1, -0.05) is 32.1 Å². The van der Waals surface area contributed by atoms with E-state index < -0.39 is 6.04 Å². The molecule has 1 rings (SSSR count). The van der Waals surface area contributed by atoms with E-state index in [1.54, 1.807) is 21.0 Å². The fraction of sp³-hybridized carbons (Fsp3) is 0.647. The lowest BCUT2D eigenvalue weighted by Crippen LogP contribution is -2.52. The van der Waals surface area contributed by atoms with Gasteiger partial charge in [-0.25, -0.2) is 0 Å². The van der Waals surface area contributed by atoms with Crippen molar-refractivity contribution in [3.63, 3.8) is 0 Å². The average Bonchev–Trinajstić information content (AvgIpc) is 2.52. The standard InChI is InChI=1S/C15H24N2O3.C2H6/c1-11(20-10-13-8-6-5-7-9-13)14(16-12(2)18)15(19)17(3)4;1-2/h6,8-9,11,14H,5,7,10H2,1-4H3,(H,16,18);1-2H3. The third-order valence-electron chi connectivity index (χ3n) is 3.12. The quantitative estimate of drug-likeness (QED) is 0.819. The summed E-state index contributed by atoms with van der Waals surface area (Å²) in [4.78, 5) is 24.8. The van der Waals surface area contributed by atoms with Crippen LogP contribution >= 0.6 is 0 Å². The first kappa shape index (κ1) is 20.4. The van der Waals surface area contributed by atoms with Crippen molar-refractivity contribution in [2.45, 2.75) is 52.7 Å². The molecule has 0 bridgehead atoms. The third kappa shape index (κ3) is 7.41. The van der Waals surface area contributed by atoms with Gasteiger partial charge in [0.1, 0.15) is 6.04 Å². The smallest absolute Gasteiger partial charge is 0.247 e. The van der Waals surface area contributed by atoms with Crippen molar-refractivity contribution in [2.75, 3.05) is 20.7 Å². The van der Waals surface area contributed by atoms with E-state index in [0.29, 0.717) is 6.61 Å². The van der Waals surface area contributed by atoms with E-state index in [1.807, 2.05) is 19.9 Å². The molecule has 0 aromatic heterocycles. The van der Waals surface area contributed by atoms with Crippen LogP contribution in [0, 0.1) is 0 Å². The average molecular weight is 310 g/mol. The molecule has 1 aliphatic rings. The molecule has 22 heavy (non-hydrogen) atoms. The zero-order valence-corrected chi connectivity index (χ0v) is 14.7. The maximum atomic E-state index is 12.1. The van der Waals surface area contributed by atoms with Crippen molar-refractivity contribution in [2.24, 2.45) is 0 Å². The summed E-state index contributed by atoms with van der Waals surface area (Å²) in [6.07, 6.45) is 7.98. The van der Waals surface area contributed by atoms with Gasteiger partial charge >= 0.3 is 0 Å². The minimum Gasteiger partial charge on any atom is -0.371 e. The second kappa shape index (κ2) is 11.0. The van der Waals surface area contributed by atoms with Gasteiger partial charge in [-0.2, -0.15) is 0 Å². The van der Waals surface area contributed by atoms with Crippen LogP contribution in [0.25, 0.3) is 0 Å². The van der Waals surface area contributed by atoms with Crippen LogP contribution in [0.5, 0.6) is 0 Å². The van der Waals surface area contributed by atoms with Crippen molar-refractivity contribution < 1.29 is 14.3 Å². The Morgan fingerprint density at radius 1 is 1.32 bits per heavy atom. The summed E-state index contributed by atoms with van der Waals surface area (Å²) in [5, 5.41) is 2.66. The van der Waals surface area contributed by atoms with Gasteiger partial charge in [0.15, 0.2) is 0 Å². The fourth-order valence-corrected chi connectivity index (χ4v) is 1.98. The largest absolute Gasteiger partial charge is 0.371 e. The highest BCUT2D eigenvalue weighted by molar-refractivity contribution is 5.87. The van der Waals surface area contributed by atoms with Gasteiger partial charge in [0.25, 0.3) is 0 Å². The van der Waals surface area contributed by atoms with Crippen LogP contribution in [0.2, 0.25) is 0 Å². The highest BCUT2D eigenvalue weighted by Crippen LogP contribution is 2.12. The highest BCUT2D eigenvalue weighted by Gasteiger charge is 2.28. The van der Waals surface area contributed by atoms with Crippen molar-refractivity contribution in [3.8, 4) is 0 Å². The molecule has 0 spiro atoms. The second-order valence-corrected chi connectivity index (χ2v) is 5.19. The summed E-state index contributed by atoms with van der Waals surface area (Å²) in [6, 6.07) is -0.657. The SMILES string of the molecule is CC.CC(=O)NC(C(=O)N(C)C)C(C)OCC1=CCCC=C1. The summed E-state index contributed by atoms with van der Waals surface area (Å²) in [5.41, 5.74) is 1.11. The topological polar surface area (TPSA) is 58.6 Å². The Balaban J connectivity index is 0.00000211. The highest BCUT2D eigenvalue weighted by atomic mass is 16.5. The van der Waals surface area contributed by atoms with Crippen LogP contribution < -0.4 is 5.32 Å². The summed E-state index contributed by atoms with van der Waals surface area (Å²) in [5.74, 6) is -0.404. The number of ether oxygens (including phenoxy) is 1. The van der Waals surface area contributed by atoms with E-state index in [9.17, 15) is 9.59 Å². The van der Waals surface area contributed by atoms with Gasteiger partial charge < -0.3 is 15.0 Å². The fourth-order valence-electron chi connectivity index (χ4n) is 1.98. The van der Waals surface area contributed by atoms with Gasteiger partial charge in [0.05, 0.1) is 12.7 Å². The number of rotatable bonds is 6. The Bertz CT molecular complexity index is 414. The minimum atomic E-state index is -0.657. The Hall–Kier alpha value is -1.62. The van der Waals surface area contributed by atoms with Crippen LogP contribution in [0.1, 0.15) is 40.5 Å². The Kier molecular flexibility index (Phi) is 10.2. The van der Waals surface area contributed by atoms with Crippen LogP contribution in [0.3, 0.4) is 0 Å². The molecule has 0 aromatic carbocycles. The molecule has 0 fully saturated rings. The number of nitrogens with zero attached hydrogens (tertiary/aromatic N) is 1. The number of likely N-dealkylation sites (N-methyl/N-ethyl adjacent to an activating group) is 1. The van der Waals surface area contributed by atoms with Crippen molar-refractivity contribution in [1.82, 2.24) is 10.2 Å². The molecule has 2 amide bonds. The number of allylic oxidation sites excluding steroid dienone is 2. The summed E-state index contributed by atoms with van der Waals surface area (Å²) in [7, 11) is 3.33. The molecule has 0 radical (unpaired) electrons. The number of nitrogens with one attached hydrogen (secondary N) is 1. The van der Waals surface area contributed by atoms with Gasteiger partial charge in [0, 0.05) is 21.0 Å². The van der Waals surface area contributed by atoms with E-state index >= 15 is 0 Å². The summed E-state index contributed by atoms with van der Waals surface area (Å²) >= 11 is 0. The molecule has 1 N–H and O–H groups in total. The first-order valence-corrected chi connectivity index (χ1v) is 7.87. The minimum absolute atomic E-state index is 0.166. The molecule has 2 atom stereocenters. The molecule has 5 nitrogen and oxygen atoms in total. The zero-order chi connectivity index (χ0) is 17.1. The molecule has 1 aliphatic carbocycles. The summed E-state index contributed by atoms with van der Waals surface area (Å²) in [6.45, 7) is 7.65. The van der Waals surface area contributed by atoms with Crippen LogP contribution in [-0.2, 0) is 14.3 Å². The number of carbonyl (C=O) groups excluding carboxylic acids is 2. The molecule has 0 heterocycles. The van der Waals surface area contributed by atoms with E-state index in [0.717, 1.165) is 18.4 Å². The number of amides is 2. The normalized spacial score (nSPS) is 15.8. The van der Waals surface area contributed by atoms with Crippen LogP contribution in [0.4, 0.5) is 0 Å². The van der Waals surface area contributed by atoms with Crippen LogP contribution in [-0.4, -0.2) is 49.6 Å². The monoisotopic (exact) mass is 310 g/mol. The molecule has 0 aliphatic heterocycles. The maximum absolute atomic E-state index is 12.1. The summed E-state index contributed by atoms with van der Waals surface area (Å²) < 4.78 is 5.73. The first-order valence-electron chi connectivity index (χ1n) is 7.87. The number of carbonyl (C=O) groups is 2. The van der Waals surface area contributed by atoms with Gasteiger partial charge in [0.2, 0.25) is 11.8 Å². The predicted molar refractivity (Wildman–Crippen MR) is 89.5 cm³/mol. The van der Waals surface area contributed by atoms with Gasteiger partial charge in [-0.05, 0) is 25.3 Å². The van der Waals surface area contributed by atoms with E-state index in [-0.39, 0.29) is 17.9 Å². The number of hydrogen-bond donors (Lipinski definition) is 1. The van der Waals surface area contributed by atoms with E-state index in [4.69, 9.17) is 4.74 Å². The van der Waals surface area contributed by atoms with E-state index in [2.05, 4.69) is 17.5 Å². The lowest BCUT2D eigenvalue weighted by molar-refractivity contribution is -0.137. The lowest BCUT2D eigenvalue weighted by atomic mass is 10.1. The molecule has 0 aromatic rings. The van der Waals surface area contributed by atoms with Crippen molar-refractivity contribution >= 4 is 11.8 Å². The third-order valence-corrected chi connectivity index (χ3v) is 3.12. The Morgan fingerprint density at radius 3 is 2.41 bits per heavy atom. The van der Waals surface area contributed by atoms with Crippen molar-refractivity contribution in [3.05, 3.63) is 23.8 Å². The molecular formula is C17H30N2O3. The molecule has 0 saturated carbocycles. The molecular weight excluding hydrogens is 280 g/mol. The molecule has 126 valence electrons. The number of hydrogen-bond acceptors (Lipinski definition) is 3. The predicted octanol–water partition coefficient (Wildman–Crippen LogP) is 2.29. The maximum Gasteiger partial charge on any atom is 0.247 e. The van der Waals surface area contributed by atoms with E-state index in [1.165, 1.54) is 11.8 Å². The molecule has 2 unspecified atom stereocenters. The van der Waals surface area contributed by atoms with Crippen molar-refractivity contribution in [1.29, 1.82) is 0 Å². The Labute approximate surface area is 134 Å². The molecule has 5 heteroatoms. The van der Waals surface area contributed by atoms with Gasteiger partial charge in [-0.15, -0.1) is 0 Å². The van der Waals surface area contributed by atoms with Crippen LogP contribution in [0.15, 0.2) is 23.8 Å².